The molecule has 0 aromatic heterocycles. The van der Waals surface area contributed by atoms with Crippen molar-refractivity contribution in [1.82, 2.24) is 5.32 Å². The van der Waals surface area contributed by atoms with Gasteiger partial charge < -0.3 is 10.1 Å². The maximum Gasteiger partial charge on any atom is 0.0644 e. The van der Waals surface area contributed by atoms with Crippen LogP contribution in [0, 0.1) is 0 Å². The molecule has 1 atom stereocenters. The highest BCUT2D eigenvalue weighted by molar-refractivity contribution is 4.72. The molecule has 12 heavy (non-hydrogen) atoms. The zero-order valence-corrected chi connectivity index (χ0v) is 7.72. The first-order chi connectivity index (χ1) is 5.93. The van der Waals surface area contributed by atoms with Crippen LogP contribution in [0.5, 0.6) is 0 Å². The Bertz CT molecular complexity index is 119. The van der Waals surface area contributed by atoms with Gasteiger partial charge in [0.15, 0.2) is 0 Å². The van der Waals surface area contributed by atoms with Crippen LogP contribution >= 0.6 is 0 Å². The van der Waals surface area contributed by atoms with Crippen molar-refractivity contribution >= 4 is 0 Å². The number of piperidine rings is 1. The standard InChI is InChI=1S/C10H19NO/c1-2-8-12-9-6-10-5-3-4-7-11-10/h2,10-11H,1,3-9H2. The molecule has 0 amide bonds. The molecule has 1 aliphatic heterocycles. The van der Waals surface area contributed by atoms with Crippen molar-refractivity contribution in [2.45, 2.75) is 31.7 Å². The van der Waals surface area contributed by atoms with E-state index in [1.807, 2.05) is 0 Å². The summed E-state index contributed by atoms with van der Waals surface area (Å²) in [5, 5.41) is 3.49. The van der Waals surface area contributed by atoms with E-state index in [0.717, 1.165) is 13.0 Å². The lowest BCUT2D eigenvalue weighted by Gasteiger charge is -2.22. The zero-order valence-electron chi connectivity index (χ0n) is 7.72. The second-order valence-corrected chi connectivity index (χ2v) is 3.30. The van der Waals surface area contributed by atoms with Gasteiger partial charge in [0.25, 0.3) is 0 Å². The highest BCUT2D eigenvalue weighted by Gasteiger charge is 2.11. The van der Waals surface area contributed by atoms with E-state index in [1.54, 1.807) is 6.08 Å². The third kappa shape index (κ3) is 3.88. The third-order valence-electron chi connectivity index (χ3n) is 2.26. The summed E-state index contributed by atoms with van der Waals surface area (Å²) in [5.74, 6) is 0. The maximum absolute atomic E-state index is 5.33. The molecule has 1 heterocycles. The van der Waals surface area contributed by atoms with Crippen LogP contribution < -0.4 is 5.32 Å². The second kappa shape index (κ2) is 6.21. The molecule has 70 valence electrons. The van der Waals surface area contributed by atoms with Gasteiger partial charge in [-0.1, -0.05) is 12.5 Å². The van der Waals surface area contributed by atoms with Gasteiger partial charge in [0, 0.05) is 12.6 Å². The summed E-state index contributed by atoms with van der Waals surface area (Å²) in [6.07, 6.45) is 6.97. The van der Waals surface area contributed by atoms with Gasteiger partial charge in [-0.05, 0) is 25.8 Å². The summed E-state index contributed by atoms with van der Waals surface area (Å²) >= 11 is 0. The van der Waals surface area contributed by atoms with E-state index in [1.165, 1.54) is 25.8 Å². The molecule has 0 spiro atoms. The molecule has 1 rings (SSSR count). The van der Waals surface area contributed by atoms with E-state index in [2.05, 4.69) is 11.9 Å². The maximum atomic E-state index is 5.33. The summed E-state index contributed by atoms with van der Waals surface area (Å²) in [5.41, 5.74) is 0. The fourth-order valence-electron chi connectivity index (χ4n) is 1.56. The van der Waals surface area contributed by atoms with E-state index in [-0.39, 0.29) is 0 Å². The predicted molar refractivity (Wildman–Crippen MR) is 51.3 cm³/mol. The molecule has 0 aliphatic carbocycles. The van der Waals surface area contributed by atoms with Crippen LogP contribution in [0.25, 0.3) is 0 Å². The Balaban J connectivity index is 1.94. The minimum absolute atomic E-state index is 0.687. The summed E-state index contributed by atoms with van der Waals surface area (Å²) in [4.78, 5) is 0. The van der Waals surface area contributed by atoms with Gasteiger partial charge in [0.05, 0.1) is 6.61 Å². The molecule has 1 N–H and O–H groups in total. The predicted octanol–water partition coefficient (Wildman–Crippen LogP) is 1.72. The van der Waals surface area contributed by atoms with E-state index < -0.39 is 0 Å². The minimum Gasteiger partial charge on any atom is -0.377 e. The average Bonchev–Trinajstić information content (AvgIpc) is 2.14. The van der Waals surface area contributed by atoms with Crippen molar-refractivity contribution in [2.24, 2.45) is 0 Å². The van der Waals surface area contributed by atoms with Gasteiger partial charge in [-0.3, -0.25) is 0 Å². The third-order valence-corrected chi connectivity index (χ3v) is 2.26. The summed E-state index contributed by atoms with van der Waals surface area (Å²) in [6.45, 7) is 6.34. The lowest BCUT2D eigenvalue weighted by atomic mass is 10.0. The highest BCUT2D eigenvalue weighted by Crippen LogP contribution is 2.09. The topological polar surface area (TPSA) is 21.3 Å². The van der Waals surface area contributed by atoms with Crippen LogP contribution in [-0.2, 0) is 4.74 Å². The van der Waals surface area contributed by atoms with Gasteiger partial charge in [-0.2, -0.15) is 0 Å². The first-order valence-electron chi connectivity index (χ1n) is 4.85. The van der Waals surface area contributed by atoms with Gasteiger partial charge in [0.2, 0.25) is 0 Å². The van der Waals surface area contributed by atoms with Crippen molar-refractivity contribution < 1.29 is 4.74 Å². The molecule has 2 heteroatoms. The van der Waals surface area contributed by atoms with Crippen molar-refractivity contribution in [3.05, 3.63) is 12.7 Å². The molecule has 0 aromatic carbocycles. The molecule has 2 nitrogen and oxygen atoms in total. The first-order valence-corrected chi connectivity index (χ1v) is 4.85. The zero-order chi connectivity index (χ0) is 8.65. The molecule has 1 unspecified atom stereocenters. The molecule has 0 bridgehead atoms. The second-order valence-electron chi connectivity index (χ2n) is 3.30. The number of rotatable bonds is 5. The molecule has 0 saturated carbocycles. The lowest BCUT2D eigenvalue weighted by molar-refractivity contribution is 0.146. The molecule has 1 fully saturated rings. The van der Waals surface area contributed by atoms with Gasteiger partial charge in [-0.15, -0.1) is 6.58 Å². The van der Waals surface area contributed by atoms with E-state index in [4.69, 9.17) is 4.74 Å². The van der Waals surface area contributed by atoms with Crippen LogP contribution in [0.3, 0.4) is 0 Å². The molecular formula is C10H19NO. The lowest BCUT2D eigenvalue weighted by Crippen LogP contribution is -2.34. The van der Waals surface area contributed by atoms with Crippen molar-refractivity contribution in [3.8, 4) is 0 Å². The number of ether oxygens (including phenoxy) is 1. The van der Waals surface area contributed by atoms with Crippen LogP contribution in [0.1, 0.15) is 25.7 Å². The number of hydrogen-bond donors (Lipinski definition) is 1. The summed E-state index contributed by atoms with van der Waals surface area (Å²) < 4.78 is 5.33. The smallest absolute Gasteiger partial charge is 0.0644 e. The molecule has 0 aromatic rings. The Kier molecular flexibility index (Phi) is 5.04. The van der Waals surface area contributed by atoms with E-state index in [9.17, 15) is 0 Å². The first kappa shape index (κ1) is 9.75. The Morgan fingerprint density at radius 1 is 1.50 bits per heavy atom. The quantitative estimate of drug-likeness (QED) is 0.500. The van der Waals surface area contributed by atoms with E-state index >= 15 is 0 Å². The fourth-order valence-corrected chi connectivity index (χ4v) is 1.56. The van der Waals surface area contributed by atoms with Gasteiger partial charge >= 0.3 is 0 Å². The normalized spacial score (nSPS) is 23.8. The van der Waals surface area contributed by atoms with Crippen molar-refractivity contribution in [1.29, 1.82) is 0 Å². The largest absolute Gasteiger partial charge is 0.377 e. The Morgan fingerprint density at radius 2 is 2.42 bits per heavy atom. The van der Waals surface area contributed by atoms with Crippen LogP contribution in [0.4, 0.5) is 0 Å². The summed E-state index contributed by atoms with van der Waals surface area (Å²) in [7, 11) is 0. The summed E-state index contributed by atoms with van der Waals surface area (Å²) in [6, 6.07) is 0.698. The van der Waals surface area contributed by atoms with Gasteiger partial charge in [0.1, 0.15) is 0 Å². The molecular weight excluding hydrogens is 150 g/mol. The fraction of sp³-hybridized carbons (Fsp3) is 0.800. The highest BCUT2D eigenvalue weighted by atomic mass is 16.5. The van der Waals surface area contributed by atoms with Crippen molar-refractivity contribution in [2.75, 3.05) is 19.8 Å². The number of hydrogen-bond acceptors (Lipinski definition) is 2. The van der Waals surface area contributed by atoms with Crippen LogP contribution in [0.15, 0.2) is 12.7 Å². The Labute approximate surface area is 75.0 Å². The van der Waals surface area contributed by atoms with Crippen molar-refractivity contribution in [3.63, 3.8) is 0 Å². The number of nitrogens with one attached hydrogen (secondary N) is 1. The molecule has 0 radical (unpaired) electrons. The van der Waals surface area contributed by atoms with Crippen LogP contribution in [0.2, 0.25) is 0 Å². The van der Waals surface area contributed by atoms with Crippen LogP contribution in [-0.4, -0.2) is 25.8 Å². The monoisotopic (exact) mass is 169 g/mol. The van der Waals surface area contributed by atoms with E-state index in [0.29, 0.717) is 12.6 Å². The Hall–Kier alpha value is -0.340. The van der Waals surface area contributed by atoms with Gasteiger partial charge in [-0.25, -0.2) is 0 Å². The minimum atomic E-state index is 0.687. The molecule has 1 saturated heterocycles. The SMILES string of the molecule is C=CCOCCC1CCCCN1. The Morgan fingerprint density at radius 3 is 3.08 bits per heavy atom. The average molecular weight is 169 g/mol. The molecule has 1 aliphatic rings.